The van der Waals surface area contributed by atoms with Crippen molar-refractivity contribution in [2.75, 3.05) is 6.54 Å². The lowest BCUT2D eigenvalue weighted by atomic mass is 10.0. The van der Waals surface area contributed by atoms with Crippen LogP contribution in [0.1, 0.15) is 34.5 Å². The number of rotatable bonds is 6. The molecule has 0 bridgehead atoms. The summed E-state index contributed by atoms with van der Waals surface area (Å²) in [5.74, 6) is 0.192. The first kappa shape index (κ1) is 17.4. The first-order chi connectivity index (χ1) is 13.1. The molecule has 1 aliphatic rings. The number of hydrogen-bond donors (Lipinski definition) is 1. The summed E-state index contributed by atoms with van der Waals surface area (Å²) in [5.41, 5.74) is 4.55. The van der Waals surface area contributed by atoms with E-state index in [1.807, 2.05) is 22.8 Å². The Morgan fingerprint density at radius 3 is 2.63 bits per heavy atom. The molecule has 1 N–H and O–H groups in total. The molecule has 1 aliphatic heterocycles. The van der Waals surface area contributed by atoms with E-state index in [-0.39, 0.29) is 16.5 Å². The average molecular weight is 363 g/mol. The molecule has 1 aromatic heterocycles. The van der Waals surface area contributed by atoms with Gasteiger partial charge in [-0.1, -0.05) is 30.3 Å². The van der Waals surface area contributed by atoms with E-state index < -0.39 is 0 Å². The van der Waals surface area contributed by atoms with E-state index in [1.165, 1.54) is 23.1 Å². The molecule has 6 nitrogen and oxygen atoms in total. The van der Waals surface area contributed by atoms with Crippen molar-refractivity contribution in [2.45, 2.75) is 32.2 Å². The number of nitrogens with zero attached hydrogens (tertiary/aromatic N) is 2. The highest BCUT2D eigenvalue weighted by atomic mass is 16.6. The Morgan fingerprint density at radius 2 is 1.85 bits per heavy atom. The second-order valence-electron chi connectivity index (χ2n) is 6.88. The number of benzene rings is 2. The van der Waals surface area contributed by atoms with Gasteiger partial charge >= 0.3 is 0 Å². The number of non-ortho nitro benzene ring substituents is 1. The quantitative estimate of drug-likeness (QED) is 0.410. The zero-order valence-corrected chi connectivity index (χ0v) is 15.0. The third-order valence-corrected chi connectivity index (χ3v) is 5.17. The first-order valence-electron chi connectivity index (χ1n) is 9.23. The van der Waals surface area contributed by atoms with Gasteiger partial charge in [-0.2, -0.15) is 0 Å². The number of carbonyl (C=O) groups is 1. The van der Waals surface area contributed by atoms with Crippen LogP contribution < -0.4 is 5.32 Å². The maximum atomic E-state index is 12.4. The highest BCUT2D eigenvalue weighted by Crippen LogP contribution is 2.30. The Labute approximate surface area is 157 Å². The molecular formula is C21H21N3O3. The minimum atomic E-state index is -0.389. The summed E-state index contributed by atoms with van der Waals surface area (Å²) < 4.78 is 1.91. The van der Waals surface area contributed by atoms with Crippen molar-refractivity contribution in [3.8, 4) is 0 Å². The topological polar surface area (TPSA) is 77.2 Å². The van der Waals surface area contributed by atoms with Crippen LogP contribution in [0.25, 0.3) is 10.9 Å². The first-order valence-corrected chi connectivity index (χ1v) is 9.23. The molecule has 4 rings (SSSR count). The summed E-state index contributed by atoms with van der Waals surface area (Å²) in [6.07, 6.45) is 3.32. The Bertz CT molecular complexity index is 1010. The number of aromatic nitrogens is 1. The molecule has 0 amide bonds. The van der Waals surface area contributed by atoms with Crippen molar-refractivity contribution in [3.05, 3.63) is 75.5 Å². The number of para-hydroxylation sites is 1. The molecule has 0 atom stereocenters. The van der Waals surface area contributed by atoms with Gasteiger partial charge < -0.3 is 5.32 Å². The molecule has 2 heterocycles. The van der Waals surface area contributed by atoms with Crippen molar-refractivity contribution in [2.24, 2.45) is 0 Å². The molecule has 138 valence electrons. The Kier molecular flexibility index (Phi) is 4.73. The second kappa shape index (κ2) is 7.32. The number of carbonyl (C=O) groups excluding carboxylic acids is 1. The van der Waals surface area contributed by atoms with Crippen LogP contribution in [0.5, 0.6) is 0 Å². The fourth-order valence-corrected chi connectivity index (χ4v) is 3.89. The summed E-state index contributed by atoms with van der Waals surface area (Å²) >= 11 is 0. The van der Waals surface area contributed by atoms with Crippen molar-refractivity contribution >= 4 is 22.5 Å². The molecule has 0 fully saturated rings. The number of nitro groups is 1. The number of nitrogens with one attached hydrogen (secondary N) is 1. The largest absolute Gasteiger partial charge is 0.312 e. The zero-order valence-electron chi connectivity index (χ0n) is 15.0. The van der Waals surface area contributed by atoms with Crippen LogP contribution in [0.15, 0.2) is 48.5 Å². The monoisotopic (exact) mass is 363 g/mol. The summed E-state index contributed by atoms with van der Waals surface area (Å²) in [5, 5.41) is 15.3. The molecule has 0 spiro atoms. The van der Waals surface area contributed by atoms with Crippen LogP contribution >= 0.6 is 0 Å². The summed E-state index contributed by atoms with van der Waals surface area (Å²) in [6, 6.07) is 14.7. The second-order valence-corrected chi connectivity index (χ2v) is 6.88. The third kappa shape index (κ3) is 3.36. The van der Waals surface area contributed by atoms with E-state index in [2.05, 4.69) is 11.4 Å². The zero-order chi connectivity index (χ0) is 18.8. The van der Waals surface area contributed by atoms with Gasteiger partial charge in [0, 0.05) is 36.2 Å². The van der Waals surface area contributed by atoms with Gasteiger partial charge in [0.2, 0.25) is 5.91 Å². The minimum absolute atomic E-state index is 0.107. The molecule has 0 saturated heterocycles. The van der Waals surface area contributed by atoms with E-state index in [1.54, 1.807) is 12.1 Å². The van der Waals surface area contributed by atoms with Gasteiger partial charge in [-0.05, 0) is 43.0 Å². The maximum absolute atomic E-state index is 12.4. The standard InChI is InChI=1S/C21H21N3O3/c25-21-7-3-6-20-18(17-4-1-2-5-19(17)23(20)21)12-13-22-14-15-8-10-16(11-9-15)24(26)27/h1-2,4-5,8-11,22H,3,6-7,12-14H2. The van der Waals surface area contributed by atoms with E-state index in [4.69, 9.17) is 0 Å². The lowest BCUT2D eigenvalue weighted by Gasteiger charge is -2.16. The molecule has 0 unspecified atom stereocenters. The van der Waals surface area contributed by atoms with Gasteiger partial charge in [0.15, 0.2) is 0 Å². The van der Waals surface area contributed by atoms with Crippen molar-refractivity contribution in [3.63, 3.8) is 0 Å². The summed E-state index contributed by atoms with van der Waals surface area (Å²) in [6.45, 7) is 1.44. The van der Waals surface area contributed by atoms with Crippen LogP contribution in [0, 0.1) is 10.1 Å². The van der Waals surface area contributed by atoms with Crippen LogP contribution in [-0.4, -0.2) is 21.9 Å². The molecular weight excluding hydrogens is 342 g/mol. The molecule has 3 aromatic rings. The Hall–Kier alpha value is -2.99. The third-order valence-electron chi connectivity index (χ3n) is 5.17. The van der Waals surface area contributed by atoms with Crippen molar-refractivity contribution in [1.82, 2.24) is 9.88 Å². The van der Waals surface area contributed by atoms with Gasteiger partial charge in [-0.25, -0.2) is 0 Å². The van der Waals surface area contributed by atoms with Crippen molar-refractivity contribution in [1.29, 1.82) is 0 Å². The Balaban J connectivity index is 1.46. The van der Waals surface area contributed by atoms with Crippen LogP contribution in [0.4, 0.5) is 5.69 Å². The van der Waals surface area contributed by atoms with Crippen LogP contribution in [0.3, 0.4) is 0 Å². The average Bonchev–Trinajstić information content (AvgIpc) is 3.01. The fraction of sp³-hybridized carbons (Fsp3) is 0.286. The van der Waals surface area contributed by atoms with Crippen molar-refractivity contribution < 1.29 is 9.72 Å². The number of nitro benzene ring substituents is 1. The van der Waals surface area contributed by atoms with E-state index in [0.717, 1.165) is 42.6 Å². The highest BCUT2D eigenvalue weighted by molar-refractivity contribution is 5.96. The lowest BCUT2D eigenvalue weighted by Crippen LogP contribution is -2.21. The van der Waals surface area contributed by atoms with E-state index in [0.29, 0.717) is 13.0 Å². The Morgan fingerprint density at radius 1 is 1.07 bits per heavy atom. The summed E-state index contributed by atoms with van der Waals surface area (Å²) in [7, 11) is 0. The molecule has 2 aromatic carbocycles. The molecule has 0 saturated carbocycles. The summed E-state index contributed by atoms with van der Waals surface area (Å²) in [4.78, 5) is 22.7. The smallest absolute Gasteiger partial charge is 0.269 e. The SMILES string of the molecule is O=C1CCCc2c(CCNCc3ccc([N+](=O)[O-])cc3)c3ccccc3n21. The van der Waals surface area contributed by atoms with E-state index >= 15 is 0 Å². The normalized spacial score (nSPS) is 13.7. The predicted molar refractivity (Wildman–Crippen MR) is 104 cm³/mol. The minimum Gasteiger partial charge on any atom is -0.312 e. The fourth-order valence-electron chi connectivity index (χ4n) is 3.89. The highest BCUT2D eigenvalue weighted by Gasteiger charge is 2.23. The lowest BCUT2D eigenvalue weighted by molar-refractivity contribution is -0.384. The van der Waals surface area contributed by atoms with Gasteiger partial charge in [0.25, 0.3) is 5.69 Å². The van der Waals surface area contributed by atoms with Gasteiger partial charge in [-0.15, -0.1) is 0 Å². The van der Waals surface area contributed by atoms with Crippen LogP contribution in [0.2, 0.25) is 0 Å². The molecule has 0 radical (unpaired) electrons. The van der Waals surface area contributed by atoms with Gasteiger partial charge in [0.05, 0.1) is 10.4 Å². The molecule has 27 heavy (non-hydrogen) atoms. The number of hydrogen-bond acceptors (Lipinski definition) is 4. The number of fused-ring (bicyclic) bond motifs is 3. The maximum Gasteiger partial charge on any atom is 0.269 e. The van der Waals surface area contributed by atoms with Crippen LogP contribution in [-0.2, 0) is 19.4 Å². The predicted octanol–water partition coefficient (Wildman–Crippen LogP) is 3.86. The molecule has 6 heteroatoms. The van der Waals surface area contributed by atoms with E-state index in [9.17, 15) is 14.9 Å². The van der Waals surface area contributed by atoms with Gasteiger partial charge in [0.1, 0.15) is 0 Å². The molecule has 0 aliphatic carbocycles. The van der Waals surface area contributed by atoms with Gasteiger partial charge in [-0.3, -0.25) is 19.5 Å².